The molecule has 0 radical (unpaired) electrons. The Morgan fingerprint density at radius 1 is 1.29 bits per heavy atom. The summed E-state index contributed by atoms with van der Waals surface area (Å²) < 4.78 is 0. The fourth-order valence-electron chi connectivity index (χ4n) is 2.19. The lowest BCUT2D eigenvalue weighted by Crippen LogP contribution is -2.23. The first-order chi connectivity index (χ1) is 6.30. The molecule has 0 spiro atoms. The zero-order valence-corrected chi connectivity index (χ0v) is 9.55. The van der Waals surface area contributed by atoms with Crippen LogP contribution < -0.4 is 5.32 Å². The molecule has 0 amide bonds. The van der Waals surface area contributed by atoms with Crippen LogP contribution in [-0.4, -0.2) is 23.7 Å². The Bertz CT molecular complexity index is 219. The third kappa shape index (κ3) is 1.92. The molecule has 1 fully saturated rings. The second-order valence-electron chi connectivity index (χ2n) is 5.33. The van der Waals surface area contributed by atoms with E-state index < -0.39 is 5.97 Å². The zero-order chi connectivity index (χ0) is 11.0. The van der Waals surface area contributed by atoms with E-state index in [1.54, 1.807) is 0 Å². The number of rotatable bonds is 5. The monoisotopic (exact) mass is 199 g/mol. The van der Waals surface area contributed by atoms with Gasteiger partial charge in [-0.3, -0.25) is 4.79 Å². The van der Waals surface area contributed by atoms with Crippen molar-refractivity contribution in [2.75, 3.05) is 6.54 Å². The van der Waals surface area contributed by atoms with Crippen LogP contribution in [0.25, 0.3) is 0 Å². The molecule has 14 heavy (non-hydrogen) atoms. The maximum absolute atomic E-state index is 10.3. The second-order valence-corrected chi connectivity index (χ2v) is 5.33. The number of carboxylic acid groups (broad SMARTS) is 1. The van der Waals surface area contributed by atoms with Gasteiger partial charge in [-0.15, -0.1) is 0 Å². The Morgan fingerprint density at radius 3 is 2.14 bits per heavy atom. The quantitative estimate of drug-likeness (QED) is 0.665. The molecule has 1 aliphatic rings. The van der Waals surface area contributed by atoms with E-state index >= 15 is 0 Å². The van der Waals surface area contributed by atoms with Crippen LogP contribution in [0, 0.1) is 10.8 Å². The molecule has 3 nitrogen and oxygen atoms in total. The van der Waals surface area contributed by atoms with Crippen molar-refractivity contribution in [1.82, 2.24) is 5.32 Å². The molecule has 1 saturated carbocycles. The predicted octanol–water partition coefficient (Wildman–Crippen LogP) is 1.88. The van der Waals surface area contributed by atoms with Gasteiger partial charge < -0.3 is 10.4 Å². The normalized spacial score (nSPS) is 23.4. The van der Waals surface area contributed by atoms with Gasteiger partial charge in [-0.2, -0.15) is 0 Å². The van der Waals surface area contributed by atoms with Crippen molar-refractivity contribution in [2.24, 2.45) is 10.8 Å². The Kier molecular flexibility index (Phi) is 2.91. The van der Waals surface area contributed by atoms with Crippen molar-refractivity contribution in [1.29, 1.82) is 0 Å². The highest BCUT2D eigenvalue weighted by molar-refractivity contribution is 5.66. The van der Waals surface area contributed by atoms with Gasteiger partial charge >= 0.3 is 5.97 Å². The molecule has 1 aliphatic carbocycles. The van der Waals surface area contributed by atoms with Crippen LogP contribution >= 0.6 is 0 Å². The molecule has 0 unspecified atom stereocenters. The molecule has 0 aromatic rings. The zero-order valence-electron chi connectivity index (χ0n) is 9.55. The van der Waals surface area contributed by atoms with Crippen molar-refractivity contribution < 1.29 is 9.90 Å². The van der Waals surface area contributed by atoms with E-state index in [4.69, 9.17) is 5.11 Å². The number of carbonyl (C=O) groups is 1. The van der Waals surface area contributed by atoms with Crippen LogP contribution in [0.5, 0.6) is 0 Å². The van der Waals surface area contributed by atoms with E-state index in [1.807, 2.05) is 0 Å². The largest absolute Gasteiger partial charge is 0.481 e. The molecule has 2 N–H and O–H groups in total. The van der Waals surface area contributed by atoms with Crippen molar-refractivity contribution in [3.05, 3.63) is 0 Å². The summed E-state index contributed by atoms with van der Waals surface area (Å²) in [6.07, 6.45) is 0.985. The molecule has 82 valence electrons. The smallest absolute Gasteiger partial charge is 0.303 e. The molecule has 1 rings (SSSR count). The highest BCUT2D eigenvalue weighted by Gasteiger charge is 2.64. The standard InChI is InChI=1S/C11H21NO2/c1-10(2)9(11(10,3)4)12-7-5-6-8(13)14/h9,12H,5-7H2,1-4H3,(H,13,14). The average molecular weight is 199 g/mol. The maximum atomic E-state index is 10.3. The average Bonchev–Trinajstić information content (AvgIpc) is 2.38. The Labute approximate surface area is 85.9 Å². The minimum Gasteiger partial charge on any atom is -0.481 e. The minimum absolute atomic E-state index is 0.264. The lowest BCUT2D eigenvalue weighted by molar-refractivity contribution is -0.137. The van der Waals surface area contributed by atoms with Gasteiger partial charge in [-0.05, 0) is 23.8 Å². The van der Waals surface area contributed by atoms with Gasteiger partial charge in [0.2, 0.25) is 0 Å². The summed E-state index contributed by atoms with van der Waals surface area (Å²) in [5.74, 6) is -0.707. The summed E-state index contributed by atoms with van der Waals surface area (Å²) in [5.41, 5.74) is 0.687. The second kappa shape index (κ2) is 3.54. The fourth-order valence-corrected chi connectivity index (χ4v) is 2.19. The first-order valence-corrected chi connectivity index (χ1v) is 5.25. The lowest BCUT2D eigenvalue weighted by atomic mass is 10.0. The molecule has 0 atom stereocenters. The number of nitrogens with one attached hydrogen (secondary N) is 1. The highest BCUT2D eigenvalue weighted by atomic mass is 16.4. The molecular weight excluding hydrogens is 178 g/mol. The Morgan fingerprint density at radius 2 is 1.79 bits per heavy atom. The van der Waals surface area contributed by atoms with Gasteiger partial charge in [0.1, 0.15) is 0 Å². The number of hydrogen-bond donors (Lipinski definition) is 2. The molecular formula is C11H21NO2. The summed E-state index contributed by atoms with van der Waals surface area (Å²) in [7, 11) is 0. The highest BCUT2D eigenvalue weighted by Crippen LogP contribution is 2.62. The Hall–Kier alpha value is -0.570. The molecule has 0 saturated heterocycles. The van der Waals surface area contributed by atoms with Crippen molar-refractivity contribution in [2.45, 2.75) is 46.6 Å². The molecule has 0 heterocycles. The Balaban J connectivity index is 2.19. The van der Waals surface area contributed by atoms with E-state index in [2.05, 4.69) is 33.0 Å². The predicted molar refractivity (Wildman–Crippen MR) is 56.2 cm³/mol. The summed E-state index contributed by atoms with van der Waals surface area (Å²) in [5, 5.41) is 11.9. The molecule has 0 aromatic carbocycles. The summed E-state index contributed by atoms with van der Waals surface area (Å²) >= 11 is 0. The van der Waals surface area contributed by atoms with Crippen LogP contribution in [0.4, 0.5) is 0 Å². The van der Waals surface area contributed by atoms with E-state index in [9.17, 15) is 4.79 Å². The molecule has 0 aromatic heterocycles. The first kappa shape index (κ1) is 11.5. The van der Waals surface area contributed by atoms with Gasteiger partial charge in [-0.1, -0.05) is 27.7 Å². The topological polar surface area (TPSA) is 49.3 Å². The van der Waals surface area contributed by atoms with Gasteiger partial charge in [0, 0.05) is 12.5 Å². The third-order valence-electron chi connectivity index (χ3n) is 3.94. The minimum atomic E-state index is -0.707. The molecule has 0 bridgehead atoms. The van der Waals surface area contributed by atoms with Crippen LogP contribution in [0.15, 0.2) is 0 Å². The lowest BCUT2D eigenvalue weighted by Gasteiger charge is -2.04. The third-order valence-corrected chi connectivity index (χ3v) is 3.94. The fraction of sp³-hybridized carbons (Fsp3) is 0.909. The van der Waals surface area contributed by atoms with Crippen LogP contribution in [0.1, 0.15) is 40.5 Å². The van der Waals surface area contributed by atoms with Gasteiger partial charge in [0.05, 0.1) is 0 Å². The van der Waals surface area contributed by atoms with Crippen molar-refractivity contribution in [3.63, 3.8) is 0 Å². The SMILES string of the molecule is CC1(C)C(NCCCC(=O)O)C1(C)C. The summed E-state index contributed by atoms with van der Waals surface area (Å²) in [6.45, 7) is 9.82. The van der Waals surface area contributed by atoms with Crippen LogP contribution in [0.2, 0.25) is 0 Å². The van der Waals surface area contributed by atoms with Gasteiger partial charge in [0.25, 0.3) is 0 Å². The summed E-state index contributed by atoms with van der Waals surface area (Å²) in [6, 6.07) is 0.531. The van der Waals surface area contributed by atoms with E-state index in [0.29, 0.717) is 16.9 Å². The number of aliphatic carboxylic acids is 1. The van der Waals surface area contributed by atoms with Gasteiger partial charge in [-0.25, -0.2) is 0 Å². The van der Waals surface area contributed by atoms with Gasteiger partial charge in [0.15, 0.2) is 0 Å². The van der Waals surface area contributed by atoms with Crippen molar-refractivity contribution in [3.8, 4) is 0 Å². The first-order valence-electron chi connectivity index (χ1n) is 5.25. The molecule has 3 heteroatoms. The van der Waals surface area contributed by atoms with Crippen LogP contribution in [-0.2, 0) is 4.79 Å². The molecule has 0 aliphatic heterocycles. The van der Waals surface area contributed by atoms with E-state index in [0.717, 1.165) is 13.0 Å². The summed E-state index contributed by atoms with van der Waals surface area (Å²) in [4.78, 5) is 10.3. The van der Waals surface area contributed by atoms with E-state index in [1.165, 1.54) is 0 Å². The number of hydrogen-bond acceptors (Lipinski definition) is 2. The van der Waals surface area contributed by atoms with Crippen LogP contribution in [0.3, 0.4) is 0 Å². The number of carboxylic acids is 1. The van der Waals surface area contributed by atoms with Crippen molar-refractivity contribution >= 4 is 5.97 Å². The van der Waals surface area contributed by atoms with E-state index in [-0.39, 0.29) is 6.42 Å². The maximum Gasteiger partial charge on any atom is 0.303 e.